The Hall–Kier alpha value is -4.89. The average Bonchev–Trinajstić information content (AvgIpc) is 3.64. The van der Waals surface area contributed by atoms with Crippen LogP contribution in [0.2, 0.25) is 0 Å². The van der Waals surface area contributed by atoms with Crippen LogP contribution in [0.5, 0.6) is 11.5 Å². The Balaban J connectivity index is 1.08. The molecule has 0 saturated carbocycles. The summed E-state index contributed by atoms with van der Waals surface area (Å²) in [5.74, 6) is -0.639. The Kier molecular flexibility index (Phi) is 11.3. The Morgan fingerprint density at radius 1 is 0.792 bits per heavy atom. The highest BCUT2D eigenvalue weighted by Gasteiger charge is 2.23. The number of phenols is 2. The SMILES string of the molecule is Cc1ccc(S(=O)(=O)OCCOCCOCCNC(=O)[C@H](Cc2c[nH]c3ccc(O)cc23)NC(=O)Cc2c[nH]c3ccc(O)cc23)cc1. The highest BCUT2D eigenvalue weighted by molar-refractivity contribution is 7.86. The molecule has 0 aliphatic carbocycles. The van der Waals surface area contributed by atoms with Crippen molar-refractivity contribution in [2.24, 2.45) is 0 Å². The predicted molar refractivity (Wildman–Crippen MR) is 178 cm³/mol. The number of ether oxygens (including phenoxy) is 2. The molecule has 0 fully saturated rings. The fraction of sp³-hybridized carbons (Fsp3) is 0.294. The summed E-state index contributed by atoms with van der Waals surface area (Å²) in [6.45, 7) is 2.52. The molecule has 0 aliphatic heterocycles. The van der Waals surface area contributed by atoms with Crippen LogP contribution < -0.4 is 10.6 Å². The molecule has 3 aromatic carbocycles. The third-order valence-corrected chi connectivity index (χ3v) is 8.95. The standard InChI is InChI=1S/C34H38N4O9S/c1-22-2-6-27(7-3-22)48(43,44)47-15-14-46-13-12-45-11-10-35-34(42)32(16-23-20-36-30-8-4-25(39)18-28(23)30)38-33(41)17-24-21-37-31-9-5-26(40)19-29(24)31/h2-9,18-21,32,36-37,39-40H,10-17H2,1H3,(H,35,42)(H,38,41)/t32-/m0/s1. The number of hydrogen-bond donors (Lipinski definition) is 6. The van der Waals surface area contributed by atoms with Crippen molar-refractivity contribution >= 4 is 43.7 Å². The van der Waals surface area contributed by atoms with E-state index in [0.29, 0.717) is 10.9 Å². The maximum atomic E-state index is 13.3. The van der Waals surface area contributed by atoms with E-state index < -0.39 is 22.1 Å². The van der Waals surface area contributed by atoms with Gasteiger partial charge in [0.25, 0.3) is 10.1 Å². The van der Waals surface area contributed by atoms with Crippen molar-refractivity contribution < 1.29 is 41.9 Å². The van der Waals surface area contributed by atoms with Crippen molar-refractivity contribution in [1.29, 1.82) is 0 Å². The third kappa shape index (κ3) is 9.13. The van der Waals surface area contributed by atoms with E-state index in [9.17, 15) is 28.2 Å². The topological polar surface area (TPSA) is 192 Å². The number of aryl methyl sites for hydroxylation is 1. The number of amides is 2. The second kappa shape index (κ2) is 15.8. The minimum atomic E-state index is -3.86. The highest BCUT2D eigenvalue weighted by atomic mass is 32.2. The number of hydrogen-bond acceptors (Lipinski definition) is 9. The monoisotopic (exact) mass is 678 g/mol. The largest absolute Gasteiger partial charge is 0.508 e. The van der Waals surface area contributed by atoms with Gasteiger partial charge in [0.15, 0.2) is 0 Å². The van der Waals surface area contributed by atoms with Gasteiger partial charge >= 0.3 is 0 Å². The Bertz CT molecular complexity index is 1970. The van der Waals surface area contributed by atoms with Crippen LogP contribution in [0.4, 0.5) is 0 Å². The summed E-state index contributed by atoms with van der Waals surface area (Å²) in [7, 11) is -3.86. The van der Waals surface area contributed by atoms with Crippen LogP contribution in [0.3, 0.4) is 0 Å². The quantitative estimate of drug-likeness (QED) is 0.0633. The number of rotatable bonds is 17. The van der Waals surface area contributed by atoms with Gasteiger partial charge in [0.2, 0.25) is 11.8 Å². The molecule has 2 amide bonds. The van der Waals surface area contributed by atoms with E-state index in [4.69, 9.17) is 13.7 Å². The van der Waals surface area contributed by atoms with Crippen LogP contribution in [0.15, 0.2) is 78.0 Å². The van der Waals surface area contributed by atoms with Gasteiger partial charge in [-0.15, -0.1) is 0 Å². The van der Waals surface area contributed by atoms with Gasteiger partial charge in [0, 0.05) is 47.2 Å². The molecular formula is C34H38N4O9S. The van der Waals surface area contributed by atoms with Gasteiger partial charge in [-0.25, -0.2) is 0 Å². The molecule has 2 heterocycles. The minimum absolute atomic E-state index is 0.0199. The summed E-state index contributed by atoms with van der Waals surface area (Å²) >= 11 is 0. The average molecular weight is 679 g/mol. The van der Waals surface area contributed by atoms with Crippen molar-refractivity contribution in [1.82, 2.24) is 20.6 Å². The third-order valence-electron chi connectivity index (χ3n) is 7.62. The molecule has 48 heavy (non-hydrogen) atoms. The van der Waals surface area contributed by atoms with Crippen LogP contribution in [0, 0.1) is 6.92 Å². The van der Waals surface area contributed by atoms with Crippen LogP contribution in [-0.2, 0) is 46.2 Å². The van der Waals surface area contributed by atoms with E-state index in [1.807, 2.05) is 6.92 Å². The molecule has 6 N–H and O–H groups in total. The zero-order valence-electron chi connectivity index (χ0n) is 26.3. The molecule has 0 radical (unpaired) electrons. The number of nitrogens with one attached hydrogen (secondary N) is 4. The number of aromatic amines is 2. The van der Waals surface area contributed by atoms with Gasteiger partial charge < -0.3 is 40.3 Å². The first-order chi connectivity index (χ1) is 23.1. The molecule has 5 aromatic rings. The molecule has 2 aromatic heterocycles. The first kappa shape index (κ1) is 34.4. The second-order valence-electron chi connectivity index (χ2n) is 11.2. The predicted octanol–water partition coefficient (Wildman–Crippen LogP) is 3.19. The number of H-pyrrole nitrogens is 2. The molecule has 0 bridgehead atoms. The van der Waals surface area contributed by atoms with Crippen LogP contribution in [-0.4, -0.2) is 86.0 Å². The maximum Gasteiger partial charge on any atom is 0.297 e. The van der Waals surface area contributed by atoms with Crippen molar-refractivity contribution in [3.8, 4) is 11.5 Å². The van der Waals surface area contributed by atoms with Gasteiger partial charge in [0.05, 0.1) is 44.4 Å². The number of carbonyl (C=O) groups excluding carboxylic acids is 2. The lowest BCUT2D eigenvalue weighted by Crippen LogP contribution is -2.49. The lowest BCUT2D eigenvalue weighted by atomic mass is 10.0. The molecule has 5 rings (SSSR count). The van der Waals surface area contributed by atoms with E-state index in [1.54, 1.807) is 60.9 Å². The van der Waals surface area contributed by atoms with Crippen molar-refractivity contribution in [3.63, 3.8) is 0 Å². The highest BCUT2D eigenvalue weighted by Crippen LogP contribution is 2.25. The van der Waals surface area contributed by atoms with Gasteiger partial charge in [-0.2, -0.15) is 8.42 Å². The molecule has 0 spiro atoms. The summed E-state index contributed by atoms with van der Waals surface area (Å²) in [5, 5.41) is 27.0. The summed E-state index contributed by atoms with van der Waals surface area (Å²) in [6.07, 6.45) is 3.58. The van der Waals surface area contributed by atoms with E-state index in [1.165, 1.54) is 12.1 Å². The molecule has 13 nitrogen and oxygen atoms in total. The normalized spacial score (nSPS) is 12.4. The minimum Gasteiger partial charge on any atom is -0.508 e. The fourth-order valence-corrected chi connectivity index (χ4v) is 6.06. The number of phenolic OH excluding ortho intramolecular Hbond substituents is 2. The van der Waals surface area contributed by atoms with Gasteiger partial charge in [-0.3, -0.25) is 13.8 Å². The summed E-state index contributed by atoms with van der Waals surface area (Å²) in [4.78, 5) is 32.8. The maximum absolute atomic E-state index is 13.3. The Morgan fingerprint density at radius 3 is 2.04 bits per heavy atom. The van der Waals surface area contributed by atoms with Gasteiger partial charge in [-0.1, -0.05) is 17.7 Å². The molecule has 0 aliphatic rings. The van der Waals surface area contributed by atoms with Crippen molar-refractivity contribution in [3.05, 3.63) is 89.7 Å². The molecule has 0 unspecified atom stereocenters. The zero-order chi connectivity index (χ0) is 34.1. The number of fused-ring (bicyclic) bond motifs is 2. The van der Waals surface area contributed by atoms with Crippen LogP contribution in [0.1, 0.15) is 16.7 Å². The van der Waals surface area contributed by atoms with Crippen LogP contribution in [0.25, 0.3) is 21.8 Å². The molecular weight excluding hydrogens is 640 g/mol. The van der Waals surface area contributed by atoms with Crippen molar-refractivity contribution in [2.75, 3.05) is 39.6 Å². The number of carbonyl (C=O) groups is 2. The number of aromatic nitrogens is 2. The fourth-order valence-electron chi connectivity index (χ4n) is 5.16. The van der Waals surface area contributed by atoms with E-state index in [2.05, 4.69) is 20.6 Å². The summed E-state index contributed by atoms with van der Waals surface area (Å²) < 4.78 is 40.4. The lowest BCUT2D eigenvalue weighted by Gasteiger charge is -2.18. The zero-order valence-corrected chi connectivity index (χ0v) is 27.1. The summed E-state index contributed by atoms with van der Waals surface area (Å²) in [5.41, 5.74) is 3.90. The van der Waals surface area contributed by atoms with Gasteiger partial charge in [-0.05, 0) is 66.6 Å². The van der Waals surface area contributed by atoms with Crippen molar-refractivity contribution in [2.45, 2.75) is 30.7 Å². The van der Waals surface area contributed by atoms with Gasteiger partial charge in [0.1, 0.15) is 17.5 Å². The smallest absolute Gasteiger partial charge is 0.297 e. The molecule has 254 valence electrons. The second-order valence-corrected chi connectivity index (χ2v) is 12.8. The first-order valence-corrected chi connectivity index (χ1v) is 16.8. The molecule has 0 saturated heterocycles. The lowest BCUT2D eigenvalue weighted by molar-refractivity contribution is -0.128. The molecule has 1 atom stereocenters. The Labute approximate surface area is 277 Å². The first-order valence-electron chi connectivity index (χ1n) is 15.4. The van der Waals surface area contributed by atoms with E-state index >= 15 is 0 Å². The van der Waals surface area contributed by atoms with Crippen LogP contribution >= 0.6 is 0 Å². The molecule has 14 heteroatoms. The van der Waals surface area contributed by atoms with E-state index in [0.717, 1.165) is 27.5 Å². The Morgan fingerprint density at radius 2 is 1.38 bits per heavy atom. The van der Waals surface area contributed by atoms with E-state index in [-0.39, 0.29) is 74.7 Å². The number of benzene rings is 3. The number of aromatic hydroxyl groups is 2. The summed E-state index contributed by atoms with van der Waals surface area (Å²) in [6, 6.07) is 15.2.